The number of nitrogen functional groups attached to an aromatic ring is 1. The van der Waals surface area contributed by atoms with Crippen LogP contribution in [-0.4, -0.2) is 36.4 Å². The van der Waals surface area contributed by atoms with Crippen LogP contribution in [0.5, 0.6) is 0 Å². The van der Waals surface area contributed by atoms with Crippen LogP contribution in [-0.2, 0) is 4.74 Å². The van der Waals surface area contributed by atoms with Crippen LogP contribution in [0.2, 0.25) is 0 Å². The van der Waals surface area contributed by atoms with Crippen LogP contribution >= 0.6 is 0 Å². The number of ether oxygens (including phenoxy) is 1. The van der Waals surface area contributed by atoms with Gasteiger partial charge in [-0.15, -0.1) is 0 Å². The average molecular weight is 266 g/mol. The third-order valence-electron chi connectivity index (χ3n) is 3.73. The Morgan fingerprint density at radius 3 is 2.58 bits per heavy atom. The van der Waals surface area contributed by atoms with E-state index in [4.69, 9.17) is 15.6 Å². The van der Waals surface area contributed by atoms with Crippen molar-refractivity contribution in [3.05, 3.63) is 23.5 Å². The first-order chi connectivity index (χ1) is 9.04. The molecule has 102 valence electrons. The summed E-state index contributed by atoms with van der Waals surface area (Å²) >= 11 is 0. The lowest BCUT2D eigenvalue weighted by molar-refractivity contribution is 0.0305. The highest BCUT2D eigenvalue weighted by Crippen LogP contribution is 2.33. The van der Waals surface area contributed by atoms with Gasteiger partial charge in [-0.1, -0.05) is 0 Å². The highest BCUT2D eigenvalue weighted by Gasteiger charge is 2.34. The molecule has 0 radical (unpaired) electrons. The lowest BCUT2D eigenvalue weighted by atomic mass is 10.1. The molecule has 1 aromatic rings. The van der Waals surface area contributed by atoms with E-state index in [9.17, 15) is 9.18 Å². The highest BCUT2D eigenvalue weighted by molar-refractivity contribution is 5.91. The minimum atomic E-state index is -1.31. The van der Waals surface area contributed by atoms with Crippen molar-refractivity contribution in [1.82, 2.24) is 0 Å². The Labute approximate surface area is 109 Å². The summed E-state index contributed by atoms with van der Waals surface area (Å²) in [6, 6.07) is 2.40. The van der Waals surface area contributed by atoms with Gasteiger partial charge in [0, 0.05) is 19.2 Å². The molecule has 1 aromatic carbocycles. The molecule has 2 aliphatic heterocycles. The van der Waals surface area contributed by atoms with Gasteiger partial charge in [-0.2, -0.15) is 0 Å². The molecule has 0 aliphatic carbocycles. The van der Waals surface area contributed by atoms with E-state index in [1.807, 2.05) is 4.90 Å². The van der Waals surface area contributed by atoms with Gasteiger partial charge >= 0.3 is 5.97 Å². The molecule has 0 aromatic heterocycles. The fourth-order valence-corrected chi connectivity index (χ4v) is 2.83. The molecule has 2 fully saturated rings. The zero-order chi connectivity index (χ0) is 13.6. The van der Waals surface area contributed by atoms with Gasteiger partial charge in [0.05, 0.1) is 29.1 Å². The second kappa shape index (κ2) is 4.38. The monoisotopic (exact) mass is 266 g/mol. The maximum absolute atomic E-state index is 13.8. The first-order valence-corrected chi connectivity index (χ1v) is 6.27. The Morgan fingerprint density at radius 1 is 1.37 bits per heavy atom. The maximum Gasteiger partial charge on any atom is 0.338 e. The number of carbonyl (C=O) groups is 1. The Bertz CT molecular complexity index is 523. The Kier molecular flexibility index (Phi) is 2.82. The minimum Gasteiger partial charge on any atom is -0.478 e. The molecule has 2 saturated heterocycles. The number of nitrogens with zero attached hydrogens (tertiary/aromatic N) is 1. The van der Waals surface area contributed by atoms with Crippen LogP contribution in [0.4, 0.5) is 15.8 Å². The molecule has 6 heteroatoms. The number of hydrogen-bond acceptors (Lipinski definition) is 4. The largest absolute Gasteiger partial charge is 0.478 e. The summed E-state index contributed by atoms with van der Waals surface area (Å²) in [5, 5.41) is 8.86. The van der Waals surface area contributed by atoms with Crippen molar-refractivity contribution in [2.24, 2.45) is 0 Å². The molecule has 2 atom stereocenters. The molecule has 3 rings (SSSR count). The minimum absolute atomic E-state index is 0.167. The van der Waals surface area contributed by atoms with Crippen molar-refractivity contribution in [2.75, 3.05) is 23.7 Å². The van der Waals surface area contributed by atoms with Gasteiger partial charge in [0.15, 0.2) is 0 Å². The topological polar surface area (TPSA) is 75.8 Å². The molecule has 2 heterocycles. The Morgan fingerprint density at radius 2 is 2.00 bits per heavy atom. The molecular weight excluding hydrogens is 251 g/mol. The SMILES string of the molecule is Nc1cc(C(=O)O)c(F)cc1N1CC2CCC(C1)O2. The molecule has 2 aliphatic rings. The number of rotatable bonds is 2. The molecule has 0 spiro atoms. The normalized spacial score (nSPS) is 25.6. The fraction of sp³-hybridized carbons (Fsp3) is 0.462. The number of aromatic carboxylic acids is 1. The van der Waals surface area contributed by atoms with Crippen molar-refractivity contribution in [2.45, 2.75) is 25.0 Å². The summed E-state index contributed by atoms with van der Waals surface area (Å²) in [6.07, 6.45) is 2.36. The van der Waals surface area contributed by atoms with Crippen LogP contribution in [0.1, 0.15) is 23.2 Å². The van der Waals surface area contributed by atoms with Crippen molar-refractivity contribution in [1.29, 1.82) is 0 Å². The lowest BCUT2D eigenvalue weighted by Crippen LogP contribution is -2.43. The molecule has 2 bridgehead atoms. The summed E-state index contributed by atoms with van der Waals surface area (Å²) < 4.78 is 19.5. The summed E-state index contributed by atoms with van der Waals surface area (Å²) in [5.74, 6) is -2.06. The number of fused-ring (bicyclic) bond motifs is 2. The van der Waals surface area contributed by atoms with E-state index in [0.29, 0.717) is 24.5 Å². The molecule has 3 N–H and O–H groups in total. The average Bonchev–Trinajstić information content (AvgIpc) is 2.70. The number of anilines is 2. The van der Waals surface area contributed by atoms with E-state index in [2.05, 4.69) is 0 Å². The highest BCUT2D eigenvalue weighted by atomic mass is 19.1. The third kappa shape index (κ3) is 2.12. The standard InChI is InChI=1S/C13H15FN2O3/c14-10-4-12(11(15)3-9(10)13(17)18)16-5-7-1-2-8(6-16)19-7/h3-4,7-8H,1-2,5-6,15H2,(H,17,18). The molecule has 19 heavy (non-hydrogen) atoms. The number of carboxylic acid groups (broad SMARTS) is 1. The first kappa shape index (κ1) is 12.2. The van der Waals surface area contributed by atoms with E-state index < -0.39 is 17.3 Å². The van der Waals surface area contributed by atoms with E-state index in [0.717, 1.165) is 12.8 Å². The number of morpholine rings is 1. The van der Waals surface area contributed by atoms with Crippen LogP contribution in [0.3, 0.4) is 0 Å². The fourth-order valence-electron chi connectivity index (χ4n) is 2.83. The number of benzene rings is 1. The number of hydrogen-bond donors (Lipinski definition) is 2. The zero-order valence-corrected chi connectivity index (χ0v) is 10.3. The van der Waals surface area contributed by atoms with Gasteiger partial charge < -0.3 is 20.5 Å². The molecular formula is C13H15FN2O3. The molecule has 0 saturated carbocycles. The van der Waals surface area contributed by atoms with Crippen LogP contribution < -0.4 is 10.6 Å². The molecule has 0 amide bonds. The van der Waals surface area contributed by atoms with Crippen molar-refractivity contribution in [3.8, 4) is 0 Å². The lowest BCUT2D eigenvalue weighted by Gasteiger charge is -2.34. The van der Waals surface area contributed by atoms with E-state index in [1.54, 1.807) is 0 Å². The zero-order valence-electron chi connectivity index (χ0n) is 10.3. The van der Waals surface area contributed by atoms with E-state index in [-0.39, 0.29) is 12.2 Å². The second-order valence-electron chi connectivity index (χ2n) is 5.06. The summed E-state index contributed by atoms with van der Waals surface area (Å²) in [4.78, 5) is 12.8. The summed E-state index contributed by atoms with van der Waals surface area (Å²) in [6.45, 7) is 1.35. The Balaban J connectivity index is 1.93. The molecule has 5 nitrogen and oxygen atoms in total. The second-order valence-corrected chi connectivity index (χ2v) is 5.06. The van der Waals surface area contributed by atoms with Crippen LogP contribution in [0.15, 0.2) is 12.1 Å². The van der Waals surface area contributed by atoms with Gasteiger partial charge in [0.25, 0.3) is 0 Å². The quantitative estimate of drug-likeness (QED) is 0.793. The van der Waals surface area contributed by atoms with Crippen LogP contribution in [0.25, 0.3) is 0 Å². The van der Waals surface area contributed by atoms with E-state index in [1.165, 1.54) is 12.1 Å². The van der Waals surface area contributed by atoms with Crippen molar-refractivity contribution >= 4 is 17.3 Å². The maximum atomic E-state index is 13.8. The van der Waals surface area contributed by atoms with E-state index >= 15 is 0 Å². The summed E-state index contributed by atoms with van der Waals surface area (Å²) in [5.41, 5.74) is 6.32. The molecule has 2 unspecified atom stereocenters. The number of nitrogens with two attached hydrogens (primary N) is 1. The van der Waals surface area contributed by atoms with Crippen LogP contribution in [0, 0.1) is 5.82 Å². The summed E-state index contributed by atoms with van der Waals surface area (Å²) in [7, 11) is 0. The van der Waals surface area contributed by atoms with Gasteiger partial charge in [-0.3, -0.25) is 0 Å². The van der Waals surface area contributed by atoms with Gasteiger partial charge in [0.2, 0.25) is 0 Å². The third-order valence-corrected chi connectivity index (χ3v) is 3.73. The smallest absolute Gasteiger partial charge is 0.338 e. The predicted molar refractivity (Wildman–Crippen MR) is 67.9 cm³/mol. The predicted octanol–water partition coefficient (Wildman–Crippen LogP) is 1.47. The Hall–Kier alpha value is -1.82. The van der Waals surface area contributed by atoms with Gasteiger partial charge in [-0.25, -0.2) is 9.18 Å². The number of halogens is 1. The van der Waals surface area contributed by atoms with Crippen molar-refractivity contribution < 1.29 is 19.0 Å². The van der Waals surface area contributed by atoms with Gasteiger partial charge in [-0.05, 0) is 18.9 Å². The van der Waals surface area contributed by atoms with Crippen molar-refractivity contribution in [3.63, 3.8) is 0 Å². The first-order valence-electron chi connectivity index (χ1n) is 6.27. The van der Waals surface area contributed by atoms with Gasteiger partial charge in [0.1, 0.15) is 5.82 Å². The number of carboxylic acids is 1.